The van der Waals surface area contributed by atoms with Crippen molar-refractivity contribution in [3.63, 3.8) is 0 Å². The van der Waals surface area contributed by atoms with Gasteiger partial charge in [0.1, 0.15) is 0 Å². The number of nitrogens with one attached hydrogen (secondary N) is 1. The Kier molecular flexibility index (Phi) is 5.05. The highest BCUT2D eigenvalue weighted by atomic mass is 16.1. The summed E-state index contributed by atoms with van der Waals surface area (Å²) < 4.78 is 0. The van der Waals surface area contributed by atoms with Crippen LogP contribution in [0.1, 0.15) is 49.7 Å². The Morgan fingerprint density at radius 1 is 1.39 bits per heavy atom. The van der Waals surface area contributed by atoms with Gasteiger partial charge in [0.05, 0.1) is 0 Å². The first-order chi connectivity index (χ1) is 11.0. The van der Waals surface area contributed by atoms with Crippen LogP contribution in [0.3, 0.4) is 0 Å². The Bertz CT molecular complexity index is 550. The molecular formula is C20H30N2O. The van der Waals surface area contributed by atoms with Gasteiger partial charge in [-0.2, -0.15) is 0 Å². The van der Waals surface area contributed by atoms with Crippen LogP contribution in [-0.4, -0.2) is 36.5 Å². The van der Waals surface area contributed by atoms with E-state index >= 15 is 0 Å². The largest absolute Gasteiger partial charge is 0.350 e. The van der Waals surface area contributed by atoms with E-state index in [9.17, 15) is 4.79 Å². The molecule has 2 fully saturated rings. The van der Waals surface area contributed by atoms with Crippen LogP contribution in [0, 0.1) is 12.8 Å². The van der Waals surface area contributed by atoms with Gasteiger partial charge in [0.15, 0.2) is 0 Å². The number of benzene rings is 1. The third kappa shape index (κ3) is 4.81. The highest BCUT2D eigenvalue weighted by Crippen LogP contribution is 2.39. The van der Waals surface area contributed by atoms with E-state index in [2.05, 4.69) is 48.5 Å². The van der Waals surface area contributed by atoms with E-state index in [-0.39, 0.29) is 11.4 Å². The third-order valence-electron chi connectivity index (χ3n) is 5.38. The highest BCUT2D eigenvalue weighted by Gasteiger charge is 2.43. The van der Waals surface area contributed by atoms with Crippen molar-refractivity contribution in [1.29, 1.82) is 0 Å². The van der Waals surface area contributed by atoms with Gasteiger partial charge in [0, 0.05) is 18.5 Å². The molecule has 1 heterocycles. The van der Waals surface area contributed by atoms with E-state index < -0.39 is 0 Å². The molecule has 0 aromatic heterocycles. The van der Waals surface area contributed by atoms with Gasteiger partial charge in [0.25, 0.3) is 0 Å². The number of rotatable bonds is 6. The van der Waals surface area contributed by atoms with Crippen LogP contribution in [0.25, 0.3) is 0 Å². The molecule has 1 atom stereocenters. The SMILES string of the molecule is Cc1cccc(CC2(NC(=O)CC[C@@H]3CCCN(C)C3)CC2)c1. The standard InChI is InChI=1S/C20H30N2O/c1-16-5-3-6-18(13-16)14-20(10-11-20)21-19(23)9-8-17-7-4-12-22(2)15-17/h3,5-6,13,17H,4,7-12,14-15H2,1-2H3,(H,21,23)/t17-/m0/s1. The first-order valence-electron chi connectivity index (χ1n) is 9.10. The maximum atomic E-state index is 12.4. The predicted octanol–water partition coefficient (Wildman–Crippen LogP) is 3.31. The summed E-state index contributed by atoms with van der Waals surface area (Å²) in [7, 11) is 2.19. The van der Waals surface area contributed by atoms with E-state index in [1.807, 2.05) is 0 Å². The molecule has 1 N–H and O–H groups in total. The molecule has 2 aliphatic rings. The number of nitrogens with zero attached hydrogens (tertiary/aromatic N) is 1. The Morgan fingerprint density at radius 3 is 2.91 bits per heavy atom. The Hall–Kier alpha value is -1.35. The average molecular weight is 314 g/mol. The molecule has 1 amide bonds. The van der Waals surface area contributed by atoms with Crippen LogP contribution in [0.15, 0.2) is 24.3 Å². The average Bonchev–Trinajstić information content (AvgIpc) is 3.24. The summed E-state index contributed by atoms with van der Waals surface area (Å²) in [5.41, 5.74) is 2.69. The Balaban J connectivity index is 1.45. The molecule has 1 saturated carbocycles. The molecule has 0 spiro atoms. The summed E-state index contributed by atoms with van der Waals surface area (Å²) in [5.74, 6) is 0.954. The molecule has 1 aliphatic heterocycles. The van der Waals surface area contributed by atoms with Crippen molar-refractivity contribution in [1.82, 2.24) is 10.2 Å². The number of piperidine rings is 1. The maximum absolute atomic E-state index is 12.4. The summed E-state index contributed by atoms with van der Waals surface area (Å²) in [6.45, 7) is 4.49. The monoisotopic (exact) mass is 314 g/mol. The quantitative estimate of drug-likeness (QED) is 0.874. The van der Waals surface area contributed by atoms with Gasteiger partial charge in [-0.1, -0.05) is 29.8 Å². The fourth-order valence-electron chi connectivity index (χ4n) is 3.91. The van der Waals surface area contributed by atoms with Gasteiger partial charge >= 0.3 is 0 Å². The van der Waals surface area contributed by atoms with Gasteiger partial charge in [-0.25, -0.2) is 0 Å². The Labute approximate surface area is 140 Å². The zero-order chi connectivity index (χ0) is 16.3. The molecule has 126 valence electrons. The molecule has 0 bridgehead atoms. The topological polar surface area (TPSA) is 32.3 Å². The molecule has 23 heavy (non-hydrogen) atoms. The lowest BCUT2D eigenvalue weighted by Gasteiger charge is -2.29. The molecule has 1 aromatic carbocycles. The minimum Gasteiger partial charge on any atom is -0.350 e. The molecule has 0 unspecified atom stereocenters. The van der Waals surface area contributed by atoms with E-state index in [0.29, 0.717) is 12.3 Å². The number of likely N-dealkylation sites (tertiary alicyclic amines) is 1. The van der Waals surface area contributed by atoms with Crippen molar-refractivity contribution in [3.8, 4) is 0 Å². The first kappa shape index (κ1) is 16.5. The van der Waals surface area contributed by atoms with Gasteiger partial charge in [-0.05, 0) is 70.5 Å². The second kappa shape index (κ2) is 7.04. The number of hydrogen-bond acceptors (Lipinski definition) is 2. The highest BCUT2D eigenvalue weighted by molar-refractivity contribution is 5.77. The summed E-state index contributed by atoms with van der Waals surface area (Å²) in [4.78, 5) is 14.8. The van der Waals surface area contributed by atoms with Crippen LogP contribution >= 0.6 is 0 Å². The predicted molar refractivity (Wildman–Crippen MR) is 94.4 cm³/mol. The molecule has 1 saturated heterocycles. The summed E-state index contributed by atoms with van der Waals surface area (Å²) >= 11 is 0. The molecule has 3 heteroatoms. The van der Waals surface area contributed by atoms with Crippen molar-refractivity contribution in [2.24, 2.45) is 5.92 Å². The van der Waals surface area contributed by atoms with Gasteiger partial charge < -0.3 is 10.2 Å². The zero-order valence-electron chi connectivity index (χ0n) is 14.6. The van der Waals surface area contributed by atoms with Crippen LogP contribution < -0.4 is 5.32 Å². The fraction of sp³-hybridized carbons (Fsp3) is 0.650. The fourth-order valence-corrected chi connectivity index (χ4v) is 3.91. The van der Waals surface area contributed by atoms with Crippen LogP contribution in [0.5, 0.6) is 0 Å². The summed E-state index contributed by atoms with van der Waals surface area (Å²) in [6.07, 6.45) is 7.52. The summed E-state index contributed by atoms with van der Waals surface area (Å²) in [5, 5.41) is 3.33. The number of amides is 1. The molecule has 0 radical (unpaired) electrons. The van der Waals surface area contributed by atoms with E-state index in [1.54, 1.807) is 0 Å². The lowest BCUT2D eigenvalue weighted by Crippen LogP contribution is -2.39. The zero-order valence-corrected chi connectivity index (χ0v) is 14.6. The third-order valence-corrected chi connectivity index (χ3v) is 5.38. The first-order valence-corrected chi connectivity index (χ1v) is 9.10. The van der Waals surface area contributed by atoms with E-state index in [1.165, 1.54) is 30.5 Å². The van der Waals surface area contributed by atoms with Gasteiger partial charge in [-0.15, -0.1) is 0 Å². The normalized spacial score (nSPS) is 23.5. The van der Waals surface area contributed by atoms with E-state index in [0.717, 1.165) is 32.2 Å². The van der Waals surface area contributed by atoms with Crippen molar-refractivity contribution < 1.29 is 4.79 Å². The molecule has 3 nitrogen and oxygen atoms in total. The van der Waals surface area contributed by atoms with Crippen molar-refractivity contribution in [3.05, 3.63) is 35.4 Å². The van der Waals surface area contributed by atoms with E-state index in [4.69, 9.17) is 0 Å². The summed E-state index contributed by atoms with van der Waals surface area (Å²) in [6, 6.07) is 8.66. The minimum absolute atomic E-state index is 0.0498. The molecule has 3 rings (SSSR count). The molecular weight excluding hydrogens is 284 g/mol. The Morgan fingerprint density at radius 2 is 2.22 bits per heavy atom. The van der Waals surface area contributed by atoms with Crippen molar-refractivity contribution >= 4 is 5.91 Å². The van der Waals surface area contributed by atoms with Gasteiger partial charge in [0.2, 0.25) is 5.91 Å². The smallest absolute Gasteiger partial charge is 0.220 e. The van der Waals surface area contributed by atoms with Crippen molar-refractivity contribution in [2.45, 2.75) is 57.4 Å². The number of aryl methyl sites for hydroxylation is 1. The molecule has 1 aliphatic carbocycles. The van der Waals surface area contributed by atoms with Crippen LogP contribution in [0.2, 0.25) is 0 Å². The van der Waals surface area contributed by atoms with Crippen molar-refractivity contribution in [2.75, 3.05) is 20.1 Å². The second-order valence-corrected chi connectivity index (χ2v) is 7.80. The number of carbonyl (C=O) groups is 1. The maximum Gasteiger partial charge on any atom is 0.220 e. The number of carbonyl (C=O) groups excluding carboxylic acids is 1. The van der Waals surface area contributed by atoms with Crippen LogP contribution in [0.4, 0.5) is 0 Å². The second-order valence-electron chi connectivity index (χ2n) is 7.80. The molecule has 1 aromatic rings. The lowest BCUT2D eigenvalue weighted by atomic mass is 9.93. The van der Waals surface area contributed by atoms with Gasteiger partial charge in [-0.3, -0.25) is 4.79 Å². The minimum atomic E-state index is 0.0498. The lowest BCUT2D eigenvalue weighted by molar-refractivity contribution is -0.122. The number of hydrogen-bond donors (Lipinski definition) is 1. The van der Waals surface area contributed by atoms with Crippen LogP contribution in [-0.2, 0) is 11.2 Å².